The average Bonchev–Trinajstić information content (AvgIpc) is 3.07. The third-order valence-electron chi connectivity index (χ3n) is 7.06. The predicted molar refractivity (Wildman–Crippen MR) is 166 cm³/mol. The normalized spacial score (nSPS) is 12.5. The Morgan fingerprint density at radius 1 is 0.227 bits per heavy atom. The Labute approximate surface area is 253 Å². The zero-order chi connectivity index (χ0) is 29.9. The molecule has 212 valence electrons. The molecular formula is C38H24O6. The SMILES string of the molecule is O=C1c2ccc(cc2)Oc2ccc(cc2)Oc2ccc(cc2)C(=O)c2ccc(cc2)Oc2ccc(cc2)Oc2ccc1cc2. The fourth-order valence-electron chi connectivity index (χ4n) is 4.73. The summed E-state index contributed by atoms with van der Waals surface area (Å²) >= 11 is 0. The number of carbonyl (C=O) groups excluding carboxylic acids is 2. The van der Waals surface area contributed by atoms with Crippen molar-refractivity contribution in [3.63, 3.8) is 0 Å². The van der Waals surface area contributed by atoms with E-state index in [9.17, 15) is 9.59 Å². The van der Waals surface area contributed by atoms with E-state index in [4.69, 9.17) is 18.9 Å². The van der Waals surface area contributed by atoms with Crippen LogP contribution < -0.4 is 18.9 Å². The van der Waals surface area contributed by atoms with Crippen LogP contribution >= 0.6 is 0 Å². The summed E-state index contributed by atoms with van der Waals surface area (Å²) in [6, 6.07) is 42.4. The number of benzene rings is 6. The zero-order valence-electron chi connectivity index (χ0n) is 23.3. The largest absolute Gasteiger partial charge is 0.457 e. The maximum atomic E-state index is 13.1. The molecule has 0 atom stereocenters. The lowest BCUT2D eigenvalue weighted by molar-refractivity contribution is 0.103. The molecule has 0 fully saturated rings. The second-order valence-electron chi connectivity index (χ2n) is 10.1. The molecule has 44 heavy (non-hydrogen) atoms. The molecular weight excluding hydrogens is 552 g/mol. The summed E-state index contributed by atoms with van der Waals surface area (Å²) in [4.78, 5) is 26.1. The molecule has 0 radical (unpaired) electrons. The van der Waals surface area contributed by atoms with Gasteiger partial charge in [0.2, 0.25) is 0 Å². The molecule has 10 heterocycles. The highest BCUT2D eigenvalue weighted by molar-refractivity contribution is 6.09. The van der Waals surface area contributed by atoms with Gasteiger partial charge in [-0.25, -0.2) is 0 Å². The Morgan fingerprint density at radius 3 is 0.523 bits per heavy atom. The Bertz CT molecular complexity index is 1640. The van der Waals surface area contributed by atoms with Gasteiger partial charge in [0.25, 0.3) is 0 Å². The van der Waals surface area contributed by atoms with E-state index in [0.29, 0.717) is 68.2 Å². The molecule has 10 aliphatic heterocycles. The standard InChI is InChI=1S/C38H24O6/c39-37-25-1-9-29(10-2-25)41-33-17-19-34(20-18-33)43-31-13-5-27(6-14-31)38(40)28-7-15-32(16-8-28)44-36-23-21-35(22-24-36)42-30-11-3-26(37)4-12-30/h1-24H. The lowest BCUT2D eigenvalue weighted by Gasteiger charge is -2.11. The van der Waals surface area contributed by atoms with Crippen LogP contribution in [0.2, 0.25) is 0 Å². The van der Waals surface area contributed by atoms with Crippen molar-refractivity contribution >= 4 is 11.6 Å². The van der Waals surface area contributed by atoms with Crippen LogP contribution in [0.5, 0.6) is 46.0 Å². The highest BCUT2D eigenvalue weighted by Crippen LogP contribution is 2.30. The predicted octanol–water partition coefficient (Wildman–Crippen LogP) is 9.63. The molecule has 6 aromatic carbocycles. The number of rotatable bonds is 0. The molecule has 10 aliphatic rings. The van der Waals surface area contributed by atoms with Gasteiger partial charge in [-0.2, -0.15) is 0 Å². The Hall–Kier alpha value is -6.14. The van der Waals surface area contributed by atoms with E-state index >= 15 is 0 Å². The Morgan fingerprint density at radius 2 is 0.364 bits per heavy atom. The van der Waals surface area contributed by atoms with Crippen molar-refractivity contribution in [1.82, 2.24) is 0 Å². The molecule has 0 saturated heterocycles. The summed E-state index contributed by atoms with van der Waals surface area (Å²) < 4.78 is 23.9. The summed E-state index contributed by atoms with van der Waals surface area (Å²) in [5, 5.41) is 0. The maximum absolute atomic E-state index is 13.1. The molecule has 0 aromatic heterocycles. The lowest BCUT2D eigenvalue weighted by Crippen LogP contribution is -2.01. The van der Waals surface area contributed by atoms with Crippen molar-refractivity contribution < 1.29 is 28.5 Å². The Kier molecular flexibility index (Phi) is 7.06. The molecule has 16 rings (SSSR count). The molecule has 0 spiro atoms. The van der Waals surface area contributed by atoms with Gasteiger partial charge in [0.15, 0.2) is 11.6 Å². The number of hydrogen-bond donors (Lipinski definition) is 0. The van der Waals surface area contributed by atoms with E-state index in [0.717, 1.165) is 0 Å². The highest BCUT2D eigenvalue weighted by atomic mass is 16.5. The first-order chi connectivity index (χ1) is 21.6. The van der Waals surface area contributed by atoms with Crippen LogP contribution in [0.3, 0.4) is 0 Å². The summed E-state index contributed by atoms with van der Waals surface area (Å²) in [6.45, 7) is 0. The third kappa shape index (κ3) is 5.91. The highest BCUT2D eigenvalue weighted by Gasteiger charge is 2.12. The van der Waals surface area contributed by atoms with Crippen molar-refractivity contribution in [3.05, 3.63) is 168 Å². The topological polar surface area (TPSA) is 71.1 Å². The van der Waals surface area contributed by atoms with Gasteiger partial charge in [0.1, 0.15) is 46.0 Å². The minimum atomic E-state index is -0.101. The van der Waals surface area contributed by atoms with Gasteiger partial charge in [-0.05, 0) is 146 Å². The zero-order valence-corrected chi connectivity index (χ0v) is 23.3. The number of hydrogen-bond acceptors (Lipinski definition) is 6. The van der Waals surface area contributed by atoms with Crippen molar-refractivity contribution in [2.45, 2.75) is 0 Å². The summed E-state index contributed by atoms with van der Waals surface area (Å²) in [6.07, 6.45) is 0. The van der Waals surface area contributed by atoms with Gasteiger partial charge in [-0.1, -0.05) is 0 Å². The van der Waals surface area contributed by atoms with Gasteiger partial charge >= 0.3 is 0 Å². The smallest absolute Gasteiger partial charge is 0.193 e. The third-order valence-corrected chi connectivity index (χ3v) is 7.06. The van der Waals surface area contributed by atoms with Crippen LogP contribution in [-0.2, 0) is 0 Å². The minimum absolute atomic E-state index is 0.101. The molecule has 0 unspecified atom stereocenters. The molecule has 12 bridgehead atoms. The maximum Gasteiger partial charge on any atom is 0.193 e. The van der Waals surface area contributed by atoms with Crippen LogP contribution in [0.15, 0.2) is 146 Å². The van der Waals surface area contributed by atoms with Gasteiger partial charge in [-0.3, -0.25) is 9.59 Å². The van der Waals surface area contributed by atoms with Crippen LogP contribution in [0.1, 0.15) is 31.8 Å². The van der Waals surface area contributed by atoms with E-state index in [2.05, 4.69) is 0 Å². The molecule has 6 nitrogen and oxygen atoms in total. The lowest BCUT2D eigenvalue weighted by atomic mass is 10.0. The Balaban J connectivity index is 1.17. The van der Waals surface area contributed by atoms with E-state index in [1.165, 1.54) is 0 Å². The van der Waals surface area contributed by atoms with Gasteiger partial charge in [0.05, 0.1) is 0 Å². The quantitative estimate of drug-likeness (QED) is 0.179. The molecule has 6 aromatic rings. The molecule has 0 aliphatic carbocycles. The average molecular weight is 577 g/mol. The van der Waals surface area contributed by atoms with Crippen molar-refractivity contribution in [2.75, 3.05) is 0 Å². The summed E-state index contributed by atoms with van der Waals surface area (Å²) in [5.74, 6) is 4.70. The molecule has 0 amide bonds. The van der Waals surface area contributed by atoms with E-state index in [1.807, 2.05) is 0 Å². The monoisotopic (exact) mass is 576 g/mol. The fourth-order valence-corrected chi connectivity index (χ4v) is 4.73. The van der Waals surface area contributed by atoms with E-state index in [1.54, 1.807) is 146 Å². The molecule has 0 N–H and O–H groups in total. The van der Waals surface area contributed by atoms with Gasteiger partial charge in [0, 0.05) is 22.3 Å². The fraction of sp³-hybridized carbons (Fsp3) is 0. The van der Waals surface area contributed by atoms with Crippen LogP contribution in [0.25, 0.3) is 0 Å². The number of carbonyl (C=O) groups is 2. The summed E-state index contributed by atoms with van der Waals surface area (Å²) in [7, 11) is 0. The molecule has 0 saturated carbocycles. The number of ether oxygens (including phenoxy) is 4. The second kappa shape index (κ2) is 11.6. The van der Waals surface area contributed by atoms with Gasteiger partial charge < -0.3 is 18.9 Å². The first-order valence-electron chi connectivity index (χ1n) is 14.0. The summed E-state index contributed by atoms with van der Waals surface area (Å²) in [5.41, 5.74) is 2.19. The van der Waals surface area contributed by atoms with Crippen molar-refractivity contribution in [2.24, 2.45) is 0 Å². The van der Waals surface area contributed by atoms with E-state index in [-0.39, 0.29) is 11.6 Å². The van der Waals surface area contributed by atoms with Crippen LogP contribution in [0, 0.1) is 0 Å². The van der Waals surface area contributed by atoms with Crippen LogP contribution in [0.4, 0.5) is 0 Å². The molecule has 6 heteroatoms. The van der Waals surface area contributed by atoms with E-state index < -0.39 is 0 Å². The minimum Gasteiger partial charge on any atom is -0.457 e. The van der Waals surface area contributed by atoms with Gasteiger partial charge in [-0.15, -0.1) is 0 Å². The second-order valence-corrected chi connectivity index (χ2v) is 10.1. The van der Waals surface area contributed by atoms with Crippen molar-refractivity contribution in [3.8, 4) is 46.0 Å². The first kappa shape index (κ1) is 26.7. The first-order valence-corrected chi connectivity index (χ1v) is 14.0. The van der Waals surface area contributed by atoms with Crippen molar-refractivity contribution in [1.29, 1.82) is 0 Å². The van der Waals surface area contributed by atoms with Crippen LogP contribution in [-0.4, -0.2) is 11.6 Å². The number of ketones is 2.